The van der Waals surface area contributed by atoms with Crippen LogP contribution < -0.4 is 10.2 Å². The summed E-state index contributed by atoms with van der Waals surface area (Å²) < 4.78 is 1.92. The van der Waals surface area contributed by atoms with E-state index in [-0.39, 0.29) is 55.1 Å². The van der Waals surface area contributed by atoms with Crippen molar-refractivity contribution in [1.82, 2.24) is 30.0 Å². The maximum absolute atomic E-state index is 13.9. The fourth-order valence-corrected chi connectivity index (χ4v) is 5.81. The van der Waals surface area contributed by atoms with E-state index in [1.54, 1.807) is 6.20 Å². The van der Waals surface area contributed by atoms with Crippen molar-refractivity contribution in [2.75, 3.05) is 37.6 Å². The SMILES string of the molecule is CC(C)NC[C@@H](C(=O)N1CCN(c2c(-c3ccc(Cn4cccn4)cc3)cnc3[nH]ccc23)CC1)c1ccc(Cl)cc1.Cl.Cl.Cl. The van der Waals surface area contributed by atoms with Gasteiger partial charge in [0.15, 0.2) is 0 Å². The van der Waals surface area contributed by atoms with Crippen LogP contribution in [-0.2, 0) is 11.3 Å². The summed E-state index contributed by atoms with van der Waals surface area (Å²) in [4.78, 5) is 26.3. The number of amides is 1. The number of halogens is 4. The zero-order chi connectivity index (χ0) is 29.1. The van der Waals surface area contributed by atoms with Gasteiger partial charge in [-0.05, 0) is 41.0 Å². The molecule has 2 aromatic carbocycles. The second-order valence-corrected chi connectivity index (χ2v) is 11.6. The van der Waals surface area contributed by atoms with E-state index in [0.717, 1.165) is 53.0 Å². The third-order valence-corrected chi connectivity index (χ3v) is 8.19. The van der Waals surface area contributed by atoms with Gasteiger partial charge in [0.25, 0.3) is 0 Å². The second kappa shape index (κ2) is 16.3. The van der Waals surface area contributed by atoms with Gasteiger partial charge in [-0.2, -0.15) is 5.10 Å². The molecule has 45 heavy (non-hydrogen) atoms. The van der Waals surface area contributed by atoms with E-state index in [2.05, 4.69) is 64.5 Å². The summed E-state index contributed by atoms with van der Waals surface area (Å²) >= 11 is 6.15. The number of carbonyl (C=O) groups excluding carboxylic acids is 1. The van der Waals surface area contributed by atoms with Crippen LogP contribution in [0, 0.1) is 0 Å². The minimum absolute atomic E-state index is 0. The second-order valence-electron chi connectivity index (χ2n) is 11.1. The number of pyridine rings is 1. The van der Waals surface area contributed by atoms with Gasteiger partial charge < -0.3 is 20.1 Å². The average Bonchev–Trinajstić information content (AvgIpc) is 3.70. The monoisotopic (exact) mass is 689 g/mol. The Morgan fingerprint density at radius 1 is 0.978 bits per heavy atom. The first-order valence-corrected chi connectivity index (χ1v) is 14.9. The molecule has 1 saturated heterocycles. The predicted octanol–water partition coefficient (Wildman–Crippen LogP) is 6.82. The van der Waals surface area contributed by atoms with Crippen molar-refractivity contribution >= 4 is 71.5 Å². The van der Waals surface area contributed by atoms with Gasteiger partial charge in [0.05, 0.1) is 18.2 Å². The number of aromatic amines is 1. The fourth-order valence-electron chi connectivity index (χ4n) is 5.68. The Hall–Kier alpha value is -3.27. The highest BCUT2D eigenvalue weighted by molar-refractivity contribution is 6.30. The van der Waals surface area contributed by atoms with Gasteiger partial charge >= 0.3 is 0 Å². The lowest BCUT2D eigenvalue weighted by molar-refractivity contribution is -0.133. The van der Waals surface area contributed by atoms with E-state index in [9.17, 15) is 4.79 Å². The molecule has 0 spiro atoms. The summed E-state index contributed by atoms with van der Waals surface area (Å²) in [5, 5.41) is 9.55. The van der Waals surface area contributed by atoms with E-state index in [4.69, 9.17) is 16.6 Å². The Morgan fingerprint density at radius 2 is 1.69 bits per heavy atom. The maximum Gasteiger partial charge on any atom is 0.231 e. The summed E-state index contributed by atoms with van der Waals surface area (Å²) in [6.45, 7) is 8.31. The summed E-state index contributed by atoms with van der Waals surface area (Å²) in [5.41, 5.74) is 6.41. The number of anilines is 1. The molecule has 2 N–H and O–H groups in total. The van der Waals surface area contributed by atoms with Crippen LogP contribution in [-0.4, -0.2) is 69.3 Å². The van der Waals surface area contributed by atoms with Crippen LogP contribution in [0.1, 0.15) is 30.9 Å². The average molecular weight is 692 g/mol. The van der Waals surface area contributed by atoms with Crippen molar-refractivity contribution in [1.29, 1.82) is 0 Å². The normalized spacial score (nSPS) is 13.6. The van der Waals surface area contributed by atoms with E-state index in [0.29, 0.717) is 24.7 Å². The molecule has 8 nitrogen and oxygen atoms in total. The van der Waals surface area contributed by atoms with Crippen LogP contribution in [0.4, 0.5) is 5.69 Å². The molecule has 5 aromatic rings. The van der Waals surface area contributed by atoms with Gasteiger partial charge in [-0.3, -0.25) is 9.48 Å². The zero-order valence-corrected chi connectivity index (χ0v) is 28.4. The summed E-state index contributed by atoms with van der Waals surface area (Å²) in [6.07, 6.45) is 7.67. The van der Waals surface area contributed by atoms with Gasteiger partial charge in [0, 0.05) is 79.5 Å². The molecule has 4 heterocycles. The van der Waals surface area contributed by atoms with Gasteiger partial charge in [0.1, 0.15) is 5.65 Å². The summed E-state index contributed by atoms with van der Waals surface area (Å²) in [5.74, 6) is -0.107. The molecule has 1 aliphatic rings. The van der Waals surface area contributed by atoms with E-state index in [1.807, 2.05) is 58.5 Å². The quantitative estimate of drug-likeness (QED) is 0.177. The first-order valence-electron chi connectivity index (χ1n) is 14.5. The molecule has 6 rings (SSSR count). The number of H-pyrrole nitrogens is 1. The van der Waals surface area contributed by atoms with Crippen molar-refractivity contribution in [3.63, 3.8) is 0 Å². The number of hydrogen-bond donors (Lipinski definition) is 2. The lowest BCUT2D eigenvalue weighted by Gasteiger charge is -2.38. The molecule has 1 aliphatic heterocycles. The van der Waals surface area contributed by atoms with Crippen LogP contribution in [0.2, 0.25) is 5.02 Å². The van der Waals surface area contributed by atoms with Gasteiger partial charge in [-0.25, -0.2) is 4.98 Å². The van der Waals surface area contributed by atoms with Crippen LogP contribution in [0.3, 0.4) is 0 Å². The van der Waals surface area contributed by atoms with Crippen molar-refractivity contribution in [2.24, 2.45) is 0 Å². The largest absolute Gasteiger partial charge is 0.367 e. The first kappa shape index (κ1) is 36.2. The molecule has 0 bridgehead atoms. The van der Waals surface area contributed by atoms with Crippen LogP contribution in [0.25, 0.3) is 22.2 Å². The molecule has 1 atom stereocenters. The topological polar surface area (TPSA) is 82.1 Å². The number of hydrogen-bond acceptors (Lipinski definition) is 5. The molecule has 0 radical (unpaired) electrons. The number of nitrogens with one attached hydrogen (secondary N) is 2. The van der Waals surface area contributed by atoms with Gasteiger partial charge in [0.2, 0.25) is 5.91 Å². The molecule has 1 amide bonds. The Kier molecular flexibility index (Phi) is 13.1. The van der Waals surface area contributed by atoms with E-state index < -0.39 is 0 Å². The molecule has 12 heteroatoms. The molecule has 0 aliphatic carbocycles. The van der Waals surface area contributed by atoms with Crippen LogP contribution in [0.5, 0.6) is 0 Å². The molecule has 0 saturated carbocycles. The molecule has 240 valence electrons. The number of rotatable bonds is 9. The fraction of sp³-hybridized carbons (Fsp3) is 0.303. The molecule has 0 unspecified atom stereocenters. The van der Waals surface area contributed by atoms with Gasteiger partial charge in [-0.15, -0.1) is 37.2 Å². The number of fused-ring (bicyclic) bond motifs is 1. The number of aromatic nitrogens is 4. The third kappa shape index (κ3) is 8.31. The lowest BCUT2D eigenvalue weighted by Crippen LogP contribution is -2.51. The molecular weight excluding hydrogens is 652 g/mol. The van der Waals surface area contributed by atoms with Crippen LogP contribution in [0.15, 0.2) is 85.5 Å². The van der Waals surface area contributed by atoms with E-state index in [1.165, 1.54) is 5.56 Å². The highest BCUT2D eigenvalue weighted by atomic mass is 35.5. The lowest BCUT2D eigenvalue weighted by atomic mass is 9.96. The standard InChI is InChI=1S/C33H36ClN7O.3ClH/c1-23(2)36-21-30(26-8-10-27(34)11-9-26)33(42)40-18-16-39(17-19-40)31-28-12-14-35-32(28)37-20-29(31)25-6-4-24(5-7-25)22-41-15-3-13-38-41;;;/h3-15,20,23,30,36H,16-19,21-22H2,1-2H3,(H,35,37);3*1H/t30-;;;/m1.../s1. The Balaban J connectivity index is 0.00000184. The zero-order valence-electron chi connectivity index (χ0n) is 25.2. The minimum Gasteiger partial charge on any atom is -0.367 e. The molecular formula is C33H39Cl4N7O. The van der Waals surface area contributed by atoms with Crippen molar-refractivity contribution in [3.05, 3.63) is 102 Å². The Morgan fingerprint density at radius 3 is 2.33 bits per heavy atom. The summed E-state index contributed by atoms with van der Waals surface area (Å²) in [6, 6.07) is 20.6. The maximum atomic E-state index is 13.9. The Bertz CT molecular complexity index is 1630. The van der Waals surface area contributed by atoms with Gasteiger partial charge in [-0.1, -0.05) is 61.8 Å². The predicted molar refractivity (Wildman–Crippen MR) is 191 cm³/mol. The number of piperazine rings is 1. The number of benzene rings is 2. The van der Waals surface area contributed by atoms with Crippen molar-refractivity contribution in [3.8, 4) is 11.1 Å². The smallest absolute Gasteiger partial charge is 0.231 e. The first-order chi connectivity index (χ1) is 20.5. The minimum atomic E-state index is -0.260. The van der Waals surface area contributed by atoms with Crippen molar-refractivity contribution in [2.45, 2.75) is 32.4 Å². The Labute approximate surface area is 287 Å². The van der Waals surface area contributed by atoms with Crippen LogP contribution >= 0.6 is 48.8 Å². The van der Waals surface area contributed by atoms with E-state index >= 15 is 0 Å². The van der Waals surface area contributed by atoms with Crippen molar-refractivity contribution < 1.29 is 4.79 Å². The molecule has 3 aromatic heterocycles. The number of carbonyl (C=O) groups is 1. The molecule has 1 fully saturated rings. The number of nitrogens with zero attached hydrogens (tertiary/aromatic N) is 5. The highest BCUT2D eigenvalue weighted by Crippen LogP contribution is 2.37. The summed E-state index contributed by atoms with van der Waals surface area (Å²) in [7, 11) is 0. The third-order valence-electron chi connectivity index (χ3n) is 7.94. The highest BCUT2D eigenvalue weighted by Gasteiger charge is 2.30.